The zero-order valence-corrected chi connectivity index (χ0v) is 59.6. The number of aromatic nitrogens is 1. The molecule has 4 aliphatic rings. The van der Waals surface area contributed by atoms with Crippen LogP contribution in [-0.4, -0.2) is 100 Å². The molecule has 14 heteroatoms. The van der Waals surface area contributed by atoms with Gasteiger partial charge in [-0.15, -0.1) is 11.3 Å². The van der Waals surface area contributed by atoms with Crippen molar-refractivity contribution in [2.45, 2.75) is 182 Å². The molecule has 3 unspecified atom stereocenters. The maximum atomic E-state index is 11.0. The van der Waals surface area contributed by atoms with Crippen LogP contribution < -0.4 is 14.4 Å². The summed E-state index contributed by atoms with van der Waals surface area (Å²) in [7, 11) is 0. The van der Waals surface area contributed by atoms with Crippen LogP contribution >= 0.6 is 11.3 Å². The number of thiazole rings is 1. The summed E-state index contributed by atoms with van der Waals surface area (Å²) in [6.45, 7) is 17.9. The molecule has 1 saturated heterocycles. The van der Waals surface area contributed by atoms with E-state index >= 15 is 0 Å². The third-order valence-corrected chi connectivity index (χ3v) is 20.6. The van der Waals surface area contributed by atoms with Gasteiger partial charge in [0, 0.05) is 37.4 Å². The standard InChI is InChI=1S/C23H24O3.C23H28O2.C19H30N2O2.C19H25NO3S/c24-23(25)20-9-3-16(4-10-20)17-11-13-21(14-12-17)26-15-1-2-22(18-5-6-18)19-7-8-19;1-2-4-17-5-3-6-18(8-7-17)19-9-11-20(12-10-19)21-13-15-22(16-14-21)23(24)25;1-2-3-4-5-6-7-12-20-13-15-21(16-14-20)18-10-8-17(9-11-18)19(22)23;1-4-6-7-14(5-2)12-23-17-13(3)24-18(20-17)15-8-10-16(11-9-15)19(21)22/h2-4,9-14,18-19H,1,5-8,15H2,(H,24,25);9-18H,2-8H2,1H3,(H,24,25);8-11H,2-7,12-16H2,1H3,(H,22,23);8-11,14H,4-7,12H2,1-3H3,(H,21,22). The minimum atomic E-state index is -0.918. The van der Waals surface area contributed by atoms with Gasteiger partial charge in [-0.3, -0.25) is 4.90 Å². The second-order valence-corrected chi connectivity index (χ2v) is 28.3. The highest BCUT2D eigenvalue weighted by Crippen LogP contribution is 2.49. The molecule has 3 atom stereocenters. The van der Waals surface area contributed by atoms with Crippen LogP contribution in [0.25, 0.3) is 32.8 Å². The highest BCUT2D eigenvalue weighted by molar-refractivity contribution is 7.15. The minimum Gasteiger partial charge on any atom is -0.493 e. The summed E-state index contributed by atoms with van der Waals surface area (Å²) in [6.07, 6.45) is 31.3. The van der Waals surface area contributed by atoms with Crippen LogP contribution in [0.15, 0.2) is 157 Å². The van der Waals surface area contributed by atoms with Gasteiger partial charge < -0.3 is 34.8 Å². The first kappa shape index (κ1) is 75.7. The van der Waals surface area contributed by atoms with Crippen LogP contribution in [0.1, 0.15) is 227 Å². The highest BCUT2D eigenvalue weighted by Gasteiger charge is 2.36. The molecule has 0 amide bonds. The van der Waals surface area contributed by atoms with E-state index in [0.29, 0.717) is 41.0 Å². The van der Waals surface area contributed by atoms with Crippen molar-refractivity contribution < 1.29 is 49.1 Å². The summed E-state index contributed by atoms with van der Waals surface area (Å²) in [5.74, 6) is 1.99. The normalized spacial score (nSPS) is 16.3. The summed E-state index contributed by atoms with van der Waals surface area (Å²) in [5.41, 5.74) is 10.8. The Morgan fingerprint density at radius 3 is 1.52 bits per heavy atom. The number of carboxylic acid groups (broad SMARTS) is 4. The number of aromatic carboxylic acids is 4. The summed E-state index contributed by atoms with van der Waals surface area (Å²) >= 11 is 1.58. The summed E-state index contributed by atoms with van der Waals surface area (Å²) in [6, 6.07) is 45.0. The molecule has 1 aromatic heterocycles. The van der Waals surface area contributed by atoms with Gasteiger partial charge >= 0.3 is 23.9 Å². The first-order chi connectivity index (χ1) is 47.6. The van der Waals surface area contributed by atoms with Crippen LogP contribution in [0, 0.1) is 30.6 Å². The second-order valence-electron chi connectivity index (χ2n) is 27.1. The maximum absolute atomic E-state index is 11.0. The molecule has 3 saturated carbocycles. The van der Waals surface area contributed by atoms with Crippen LogP contribution in [0.2, 0.25) is 0 Å². The quantitative estimate of drug-likeness (QED) is 0.0183. The molecular formula is C84H107N3O10S. The number of carboxylic acids is 4. The fraction of sp³-hybridized carbons (Fsp3) is 0.464. The number of ether oxygens (including phenoxy) is 2. The zero-order valence-electron chi connectivity index (χ0n) is 58.8. The highest BCUT2D eigenvalue weighted by atomic mass is 32.1. The Balaban J connectivity index is 0.000000167. The van der Waals surface area contributed by atoms with Gasteiger partial charge in [0.15, 0.2) is 0 Å². The Labute approximate surface area is 587 Å². The lowest BCUT2D eigenvalue weighted by molar-refractivity contribution is 0.0686. The number of carbonyl (C=O) groups is 4. The molecule has 1 aliphatic heterocycles. The van der Waals surface area contributed by atoms with E-state index in [9.17, 15) is 19.2 Å². The van der Waals surface area contributed by atoms with Crippen molar-refractivity contribution in [1.82, 2.24) is 9.88 Å². The zero-order chi connectivity index (χ0) is 69.6. The van der Waals surface area contributed by atoms with Crippen molar-refractivity contribution in [3.63, 3.8) is 0 Å². The Morgan fingerprint density at radius 2 is 1.02 bits per heavy atom. The van der Waals surface area contributed by atoms with E-state index in [-0.39, 0.29) is 5.56 Å². The van der Waals surface area contributed by atoms with Crippen molar-refractivity contribution >= 4 is 40.9 Å². The Morgan fingerprint density at radius 1 is 0.531 bits per heavy atom. The lowest BCUT2D eigenvalue weighted by Gasteiger charge is -2.36. The minimum absolute atomic E-state index is 0.283. The van der Waals surface area contributed by atoms with E-state index in [4.69, 9.17) is 29.9 Å². The maximum Gasteiger partial charge on any atom is 0.335 e. The number of unbranched alkanes of at least 4 members (excludes halogenated alkanes) is 6. The van der Waals surface area contributed by atoms with Gasteiger partial charge in [-0.2, -0.15) is 0 Å². The Bertz CT molecular complexity index is 3540. The fourth-order valence-electron chi connectivity index (χ4n) is 13.3. The van der Waals surface area contributed by atoms with E-state index < -0.39 is 23.9 Å². The number of hydrogen-bond acceptors (Lipinski definition) is 10. The summed E-state index contributed by atoms with van der Waals surface area (Å²) in [4.78, 5) is 54.3. The smallest absolute Gasteiger partial charge is 0.335 e. The van der Waals surface area contributed by atoms with E-state index in [1.54, 1.807) is 77.6 Å². The van der Waals surface area contributed by atoms with Crippen molar-refractivity contribution in [2.24, 2.45) is 23.7 Å². The lowest BCUT2D eigenvalue weighted by atomic mass is 9.89. The largest absolute Gasteiger partial charge is 0.493 e. The second kappa shape index (κ2) is 40.1. The fourth-order valence-corrected chi connectivity index (χ4v) is 14.1. The first-order valence-electron chi connectivity index (χ1n) is 36.6. The number of hydrogen-bond donors (Lipinski definition) is 4. The number of benzene rings is 6. The predicted octanol–water partition coefficient (Wildman–Crippen LogP) is 21.4. The van der Waals surface area contributed by atoms with Crippen molar-refractivity contribution in [2.75, 3.05) is 50.8 Å². The van der Waals surface area contributed by atoms with Crippen molar-refractivity contribution in [3.8, 4) is 44.5 Å². The SMILES string of the molecule is CCCC1CCCC(c2ccc(-c3ccc(C(=O)O)cc3)cc2)CC1.CCCCC(CC)COc1nc(-c2ccc(C(=O)O)cc2)sc1C.CCCCCCCCN1CCN(c2ccc(C(=O)O)cc2)CC1.O=C(O)c1ccc(-c2ccc(OCCC=C(C3CC3)C3CC3)cc2)cc1. The van der Waals surface area contributed by atoms with Gasteiger partial charge in [-0.25, -0.2) is 24.2 Å². The average molecular weight is 1350 g/mol. The Hall–Kier alpha value is -8.07. The van der Waals surface area contributed by atoms with E-state index in [1.165, 1.54) is 141 Å². The monoisotopic (exact) mass is 1350 g/mol. The summed E-state index contributed by atoms with van der Waals surface area (Å²) in [5, 5.41) is 36.8. The van der Waals surface area contributed by atoms with E-state index in [1.807, 2.05) is 67.6 Å². The molecule has 2 heterocycles. The molecule has 4 fully saturated rings. The molecule has 4 N–H and O–H groups in total. The van der Waals surface area contributed by atoms with Crippen LogP contribution in [0.3, 0.4) is 0 Å². The van der Waals surface area contributed by atoms with Gasteiger partial charge in [0.2, 0.25) is 5.88 Å². The van der Waals surface area contributed by atoms with E-state index in [2.05, 4.69) is 72.8 Å². The van der Waals surface area contributed by atoms with Crippen molar-refractivity contribution in [3.05, 3.63) is 190 Å². The molecule has 6 aromatic carbocycles. The molecule has 0 spiro atoms. The van der Waals surface area contributed by atoms with Crippen LogP contribution in [0.5, 0.6) is 11.6 Å². The molecule has 13 nitrogen and oxygen atoms in total. The lowest BCUT2D eigenvalue weighted by Crippen LogP contribution is -2.46. The van der Waals surface area contributed by atoms with E-state index in [0.717, 1.165) is 113 Å². The molecule has 3 aliphatic carbocycles. The molecule has 7 aromatic rings. The number of rotatable bonds is 31. The third-order valence-electron chi connectivity index (χ3n) is 19.6. The molecule has 98 heavy (non-hydrogen) atoms. The molecule has 524 valence electrons. The summed E-state index contributed by atoms with van der Waals surface area (Å²) < 4.78 is 11.8. The van der Waals surface area contributed by atoms with Crippen molar-refractivity contribution in [1.29, 1.82) is 0 Å². The van der Waals surface area contributed by atoms with Gasteiger partial charge in [-0.1, -0.05) is 189 Å². The molecule has 0 radical (unpaired) electrons. The number of anilines is 1. The third kappa shape index (κ3) is 24.7. The molecule has 11 rings (SSSR count). The molecule has 0 bridgehead atoms. The van der Waals surface area contributed by atoms with Gasteiger partial charge in [0.25, 0.3) is 0 Å². The number of aryl methyl sites for hydroxylation is 1. The van der Waals surface area contributed by atoms with Gasteiger partial charge in [-0.05, 0) is 208 Å². The van der Waals surface area contributed by atoms with Gasteiger partial charge in [0.1, 0.15) is 10.8 Å². The number of piperazine rings is 1. The molecular weight excluding hydrogens is 1240 g/mol. The predicted molar refractivity (Wildman–Crippen MR) is 399 cm³/mol. The van der Waals surface area contributed by atoms with Gasteiger partial charge in [0.05, 0.1) is 40.3 Å². The average Bonchev–Trinajstić information content (AvgIpc) is 1.72. The Kier molecular flexibility index (Phi) is 31.0. The van der Waals surface area contributed by atoms with Crippen LogP contribution in [-0.2, 0) is 0 Å². The number of nitrogens with zero attached hydrogens (tertiary/aromatic N) is 3. The van der Waals surface area contributed by atoms with Crippen LogP contribution in [0.4, 0.5) is 5.69 Å². The first-order valence-corrected chi connectivity index (χ1v) is 37.4. The number of allylic oxidation sites excluding steroid dienone is 1. The topological polar surface area (TPSA) is 187 Å².